The van der Waals surface area contributed by atoms with Gasteiger partial charge in [0.25, 0.3) is 0 Å². The second-order valence-electron chi connectivity index (χ2n) is 6.09. The summed E-state index contributed by atoms with van der Waals surface area (Å²) in [5.74, 6) is 0.883. The van der Waals surface area contributed by atoms with E-state index in [0.717, 1.165) is 6.42 Å². The summed E-state index contributed by atoms with van der Waals surface area (Å²) in [5, 5.41) is 0. The maximum absolute atomic E-state index is 11.7. The van der Waals surface area contributed by atoms with Gasteiger partial charge in [-0.1, -0.05) is 41.0 Å². The fraction of sp³-hybridized carbons (Fsp3) is 0.688. The highest BCUT2D eigenvalue weighted by Crippen LogP contribution is 2.41. The summed E-state index contributed by atoms with van der Waals surface area (Å²) < 4.78 is 5.05. The third-order valence-corrected chi connectivity index (χ3v) is 4.97. The zero-order chi connectivity index (χ0) is 14.6. The minimum atomic E-state index is -0.199. The number of hydrogen-bond acceptors (Lipinski definition) is 3. The molecule has 2 unspecified atom stereocenters. The van der Waals surface area contributed by atoms with Crippen molar-refractivity contribution in [2.45, 2.75) is 53.9 Å². The molecule has 0 N–H and O–H groups in total. The van der Waals surface area contributed by atoms with Crippen LogP contribution in [0.15, 0.2) is 12.1 Å². The second kappa shape index (κ2) is 6.56. The Balaban J connectivity index is 2.89. The first-order chi connectivity index (χ1) is 8.81. The van der Waals surface area contributed by atoms with Crippen molar-refractivity contribution in [3.8, 4) is 0 Å². The molecule has 2 nitrogen and oxygen atoms in total. The van der Waals surface area contributed by atoms with Gasteiger partial charge >= 0.3 is 5.97 Å². The summed E-state index contributed by atoms with van der Waals surface area (Å²) >= 11 is 1.57. The van der Waals surface area contributed by atoms with Gasteiger partial charge in [-0.05, 0) is 36.3 Å². The average molecular weight is 282 g/mol. The molecule has 0 aliphatic rings. The van der Waals surface area contributed by atoms with Crippen LogP contribution in [0, 0.1) is 11.3 Å². The minimum Gasteiger partial charge on any atom is -0.462 e. The Morgan fingerprint density at radius 2 is 1.95 bits per heavy atom. The fourth-order valence-corrected chi connectivity index (χ4v) is 3.84. The molecule has 0 amide bonds. The third kappa shape index (κ3) is 4.07. The molecule has 0 spiro atoms. The Kier molecular flexibility index (Phi) is 5.60. The van der Waals surface area contributed by atoms with Crippen molar-refractivity contribution in [2.24, 2.45) is 11.3 Å². The molecule has 1 heterocycles. The van der Waals surface area contributed by atoms with Crippen molar-refractivity contribution >= 4 is 17.3 Å². The van der Waals surface area contributed by atoms with Crippen LogP contribution >= 0.6 is 11.3 Å². The molecule has 0 saturated carbocycles. The molecule has 0 aliphatic carbocycles. The van der Waals surface area contributed by atoms with Crippen molar-refractivity contribution in [1.29, 1.82) is 0 Å². The van der Waals surface area contributed by atoms with Crippen LogP contribution < -0.4 is 0 Å². The number of carbonyl (C=O) groups excluding carboxylic acids is 1. The number of esters is 1. The van der Waals surface area contributed by atoms with Crippen LogP contribution in [0.25, 0.3) is 0 Å². The summed E-state index contributed by atoms with van der Waals surface area (Å²) in [4.78, 5) is 13.7. The van der Waals surface area contributed by atoms with E-state index < -0.39 is 0 Å². The molecule has 108 valence electrons. The molecule has 0 bridgehead atoms. The summed E-state index contributed by atoms with van der Waals surface area (Å²) in [7, 11) is 0. The molecule has 0 radical (unpaired) electrons. The van der Waals surface area contributed by atoms with Gasteiger partial charge in [-0.25, -0.2) is 4.79 Å². The van der Waals surface area contributed by atoms with Gasteiger partial charge in [0, 0.05) is 4.88 Å². The first-order valence-electron chi connectivity index (χ1n) is 7.08. The van der Waals surface area contributed by atoms with E-state index >= 15 is 0 Å². The predicted octanol–water partition coefficient (Wildman–Crippen LogP) is 5.10. The highest BCUT2D eigenvalue weighted by molar-refractivity contribution is 7.14. The summed E-state index contributed by atoms with van der Waals surface area (Å²) in [5.41, 5.74) is 0.280. The second-order valence-corrected chi connectivity index (χ2v) is 7.21. The molecule has 1 aromatic rings. The molecule has 1 aromatic heterocycles. The lowest BCUT2D eigenvalue weighted by molar-refractivity contribution is 0.0532. The summed E-state index contributed by atoms with van der Waals surface area (Å²) in [6.45, 7) is 13.6. The highest BCUT2D eigenvalue weighted by atomic mass is 32.1. The van der Waals surface area contributed by atoms with E-state index in [1.165, 1.54) is 4.88 Å². The maximum Gasteiger partial charge on any atom is 0.348 e. The van der Waals surface area contributed by atoms with E-state index in [1.54, 1.807) is 11.3 Å². The van der Waals surface area contributed by atoms with Crippen molar-refractivity contribution in [2.75, 3.05) is 6.61 Å². The SMILES string of the molecule is CCOC(=O)c1ccc(C(C)C(CC)C(C)(C)C)s1. The van der Waals surface area contributed by atoms with Gasteiger partial charge in [-0.15, -0.1) is 11.3 Å². The van der Waals surface area contributed by atoms with Crippen molar-refractivity contribution in [3.05, 3.63) is 21.9 Å². The Morgan fingerprint density at radius 3 is 2.42 bits per heavy atom. The van der Waals surface area contributed by atoms with E-state index in [1.807, 2.05) is 13.0 Å². The standard InChI is InChI=1S/C16H26O2S/c1-7-12(16(4,5)6)11(3)13-9-10-14(19-13)15(17)18-8-2/h9-12H,7-8H2,1-6H3. The first-order valence-corrected chi connectivity index (χ1v) is 7.89. The highest BCUT2D eigenvalue weighted by Gasteiger charge is 2.30. The van der Waals surface area contributed by atoms with Crippen molar-refractivity contribution in [3.63, 3.8) is 0 Å². The number of rotatable bonds is 5. The predicted molar refractivity (Wildman–Crippen MR) is 81.9 cm³/mol. The van der Waals surface area contributed by atoms with Crippen LogP contribution in [-0.4, -0.2) is 12.6 Å². The number of carbonyl (C=O) groups is 1. The lowest BCUT2D eigenvalue weighted by atomic mass is 9.72. The third-order valence-electron chi connectivity index (χ3n) is 3.71. The van der Waals surface area contributed by atoms with Crippen LogP contribution in [0.5, 0.6) is 0 Å². The van der Waals surface area contributed by atoms with Gasteiger partial charge < -0.3 is 4.74 Å². The fourth-order valence-electron chi connectivity index (χ4n) is 2.82. The molecule has 0 saturated heterocycles. The minimum absolute atomic E-state index is 0.199. The van der Waals surface area contributed by atoms with Crippen LogP contribution in [0.2, 0.25) is 0 Å². The summed E-state index contributed by atoms with van der Waals surface area (Å²) in [6.07, 6.45) is 1.15. The van der Waals surface area contributed by atoms with Crippen LogP contribution in [0.3, 0.4) is 0 Å². The Bertz CT molecular complexity index is 415. The summed E-state index contributed by atoms with van der Waals surface area (Å²) in [6, 6.07) is 3.97. The number of hydrogen-bond donors (Lipinski definition) is 0. The molecular weight excluding hydrogens is 256 g/mol. The number of thiophene rings is 1. The number of ether oxygens (including phenoxy) is 1. The zero-order valence-electron chi connectivity index (χ0n) is 12.9. The van der Waals surface area contributed by atoms with Crippen LogP contribution in [-0.2, 0) is 4.74 Å². The van der Waals surface area contributed by atoms with Crippen LogP contribution in [0.1, 0.15) is 68.4 Å². The quantitative estimate of drug-likeness (QED) is 0.702. The molecule has 0 aromatic carbocycles. The van der Waals surface area contributed by atoms with E-state index in [9.17, 15) is 4.79 Å². The van der Waals surface area contributed by atoms with Gasteiger partial charge in [-0.2, -0.15) is 0 Å². The Morgan fingerprint density at radius 1 is 1.32 bits per heavy atom. The van der Waals surface area contributed by atoms with E-state index in [0.29, 0.717) is 23.3 Å². The lowest BCUT2D eigenvalue weighted by Gasteiger charge is -2.34. The molecule has 3 heteroatoms. The largest absolute Gasteiger partial charge is 0.462 e. The van der Waals surface area contributed by atoms with Crippen LogP contribution in [0.4, 0.5) is 0 Å². The lowest BCUT2D eigenvalue weighted by Crippen LogP contribution is -2.24. The van der Waals surface area contributed by atoms with E-state index in [-0.39, 0.29) is 11.4 Å². The topological polar surface area (TPSA) is 26.3 Å². The van der Waals surface area contributed by atoms with Gasteiger partial charge in [0.2, 0.25) is 0 Å². The molecule has 2 atom stereocenters. The molecule has 0 aliphatic heterocycles. The first kappa shape index (κ1) is 16.2. The smallest absolute Gasteiger partial charge is 0.348 e. The van der Waals surface area contributed by atoms with E-state index in [4.69, 9.17) is 4.74 Å². The van der Waals surface area contributed by atoms with Gasteiger partial charge in [-0.3, -0.25) is 0 Å². The average Bonchev–Trinajstić information content (AvgIpc) is 2.77. The van der Waals surface area contributed by atoms with Gasteiger partial charge in [0.05, 0.1) is 6.61 Å². The van der Waals surface area contributed by atoms with E-state index in [2.05, 4.69) is 40.7 Å². The van der Waals surface area contributed by atoms with Gasteiger partial charge in [0.1, 0.15) is 4.88 Å². The molecule has 1 rings (SSSR count). The maximum atomic E-state index is 11.7. The normalized spacial score (nSPS) is 15.1. The molecular formula is C16H26O2S. The zero-order valence-corrected chi connectivity index (χ0v) is 13.8. The Hall–Kier alpha value is -0.830. The molecule has 0 fully saturated rings. The molecule has 19 heavy (non-hydrogen) atoms. The monoisotopic (exact) mass is 282 g/mol. The van der Waals surface area contributed by atoms with Gasteiger partial charge in [0.15, 0.2) is 0 Å². The van der Waals surface area contributed by atoms with Crippen molar-refractivity contribution in [1.82, 2.24) is 0 Å². The van der Waals surface area contributed by atoms with Crippen molar-refractivity contribution < 1.29 is 9.53 Å². The Labute approximate surface area is 121 Å².